The lowest BCUT2D eigenvalue weighted by Gasteiger charge is -2.19. The lowest BCUT2D eigenvalue weighted by molar-refractivity contribution is 0.0952. The van der Waals surface area contributed by atoms with E-state index in [1.807, 2.05) is 4.68 Å². The molecular weight excluding hydrogens is 236 g/mol. The second-order valence-electron chi connectivity index (χ2n) is 5.64. The third kappa shape index (κ3) is 1.99. The fourth-order valence-electron chi connectivity index (χ4n) is 2.88. The molecule has 1 aliphatic rings. The maximum atomic E-state index is 12.0. The Balaban J connectivity index is 2.14. The van der Waals surface area contributed by atoms with Crippen LogP contribution in [0, 0.1) is 19.8 Å². The Morgan fingerprint density at radius 1 is 1.26 bits per heavy atom. The van der Waals surface area contributed by atoms with Gasteiger partial charge in [0.2, 0.25) is 0 Å². The first-order valence-corrected chi connectivity index (χ1v) is 6.74. The van der Waals surface area contributed by atoms with Crippen LogP contribution < -0.4 is 0 Å². The van der Waals surface area contributed by atoms with Crippen LogP contribution in [-0.4, -0.2) is 15.6 Å². The number of aryl methyl sites for hydroxylation is 2. The first kappa shape index (κ1) is 12.2. The molecule has 0 radical (unpaired) electrons. The summed E-state index contributed by atoms with van der Waals surface area (Å²) < 4.78 is 1.94. The van der Waals surface area contributed by atoms with Crippen molar-refractivity contribution >= 4 is 5.78 Å². The lowest BCUT2D eigenvalue weighted by Crippen LogP contribution is -2.19. The summed E-state index contributed by atoms with van der Waals surface area (Å²) in [5.41, 5.74) is 5.38. The fraction of sp³-hybridized carbons (Fsp3) is 0.375. The van der Waals surface area contributed by atoms with Crippen molar-refractivity contribution in [1.29, 1.82) is 0 Å². The van der Waals surface area contributed by atoms with Gasteiger partial charge in [-0.2, -0.15) is 5.10 Å². The molecule has 0 saturated carbocycles. The molecule has 2 aromatic rings. The highest BCUT2D eigenvalue weighted by atomic mass is 16.1. The highest BCUT2D eigenvalue weighted by Crippen LogP contribution is 2.28. The predicted molar refractivity (Wildman–Crippen MR) is 74.9 cm³/mol. The molecule has 1 aromatic carbocycles. The molecule has 0 saturated heterocycles. The highest BCUT2D eigenvalue weighted by Gasteiger charge is 2.26. The average molecular weight is 254 g/mol. The molecule has 3 heteroatoms. The fourth-order valence-corrected chi connectivity index (χ4v) is 2.88. The molecule has 98 valence electrons. The third-order valence-corrected chi connectivity index (χ3v) is 3.83. The normalized spacial score (nSPS) is 18.5. The zero-order valence-corrected chi connectivity index (χ0v) is 11.6. The Labute approximate surface area is 113 Å². The molecule has 3 rings (SSSR count). The number of rotatable bonds is 1. The van der Waals surface area contributed by atoms with Crippen LogP contribution in [0.1, 0.15) is 40.5 Å². The van der Waals surface area contributed by atoms with Crippen LogP contribution in [0.5, 0.6) is 0 Å². The van der Waals surface area contributed by atoms with Crippen LogP contribution in [0.15, 0.2) is 24.4 Å². The van der Waals surface area contributed by atoms with E-state index < -0.39 is 0 Å². The first-order chi connectivity index (χ1) is 9.06. The van der Waals surface area contributed by atoms with Gasteiger partial charge in [0.25, 0.3) is 0 Å². The molecule has 1 aliphatic carbocycles. The van der Waals surface area contributed by atoms with Crippen LogP contribution in [0.4, 0.5) is 0 Å². The molecule has 0 amide bonds. The largest absolute Gasteiger partial charge is 0.294 e. The summed E-state index contributed by atoms with van der Waals surface area (Å²) in [6, 6.07) is 6.32. The van der Waals surface area contributed by atoms with E-state index in [0.717, 1.165) is 23.4 Å². The number of ketones is 1. The molecule has 0 spiro atoms. The second-order valence-corrected chi connectivity index (χ2v) is 5.64. The van der Waals surface area contributed by atoms with Gasteiger partial charge in [-0.25, -0.2) is 4.68 Å². The van der Waals surface area contributed by atoms with Gasteiger partial charge < -0.3 is 0 Å². The van der Waals surface area contributed by atoms with Crippen LogP contribution in [0.3, 0.4) is 0 Å². The number of Topliss-reactive ketones (excluding diaryl/α,β-unsaturated/α-hetero) is 1. The van der Waals surface area contributed by atoms with Crippen LogP contribution in [-0.2, 0) is 6.42 Å². The summed E-state index contributed by atoms with van der Waals surface area (Å²) in [5, 5.41) is 4.44. The van der Waals surface area contributed by atoms with E-state index in [1.165, 1.54) is 11.1 Å². The zero-order chi connectivity index (χ0) is 13.6. The number of aromatic nitrogens is 2. The van der Waals surface area contributed by atoms with Gasteiger partial charge in [-0.1, -0.05) is 24.6 Å². The third-order valence-electron chi connectivity index (χ3n) is 3.83. The minimum absolute atomic E-state index is 0.227. The van der Waals surface area contributed by atoms with Gasteiger partial charge in [-0.3, -0.25) is 4.79 Å². The van der Waals surface area contributed by atoms with E-state index in [4.69, 9.17) is 0 Å². The number of benzene rings is 1. The van der Waals surface area contributed by atoms with Crippen LogP contribution >= 0.6 is 0 Å². The monoisotopic (exact) mass is 254 g/mol. The molecule has 1 unspecified atom stereocenters. The highest BCUT2D eigenvalue weighted by molar-refractivity contribution is 5.98. The molecule has 0 fully saturated rings. The summed E-state index contributed by atoms with van der Waals surface area (Å²) in [6.45, 7) is 6.30. The van der Waals surface area contributed by atoms with Crippen LogP contribution in [0.2, 0.25) is 0 Å². The Bertz CT molecular complexity index is 655. The van der Waals surface area contributed by atoms with Crippen molar-refractivity contribution in [3.05, 3.63) is 46.8 Å². The summed E-state index contributed by atoms with van der Waals surface area (Å²) in [7, 11) is 0. The van der Waals surface area contributed by atoms with Crippen molar-refractivity contribution < 1.29 is 4.79 Å². The quantitative estimate of drug-likeness (QED) is 0.783. The molecule has 19 heavy (non-hydrogen) atoms. The van der Waals surface area contributed by atoms with Crippen molar-refractivity contribution in [2.75, 3.05) is 0 Å². The Morgan fingerprint density at radius 2 is 2.05 bits per heavy atom. The van der Waals surface area contributed by atoms with E-state index in [1.54, 1.807) is 6.20 Å². The van der Waals surface area contributed by atoms with Gasteiger partial charge in [-0.15, -0.1) is 0 Å². The molecule has 0 aliphatic heterocycles. The Hall–Kier alpha value is -1.90. The maximum absolute atomic E-state index is 12.0. The molecular formula is C16H18N2O. The van der Waals surface area contributed by atoms with Crippen molar-refractivity contribution in [2.24, 2.45) is 5.92 Å². The minimum Gasteiger partial charge on any atom is -0.294 e. The summed E-state index contributed by atoms with van der Waals surface area (Å²) in [4.78, 5) is 12.0. The van der Waals surface area contributed by atoms with Crippen LogP contribution in [0.25, 0.3) is 5.69 Å². The van der Waals surface area contributed by atoms with E-state index >= 15 is 0 Å². The zero-order valence-electron chi connectivity index (χ0n) is 11.6. The van der Waals surface area contributed by atoms with Crippen molar-refractivity contribution in [1.82, 2.24) is 9.78 Å². The number of carbonyl (C=O) groups excluding carboxylic acids is 1. The molecule has 0 bridgehead atoms. The molecule has 1 atom stereocenters. The van der Waals surface area contributed by atoms with Gasteiger partial charge in [0.05, 0.1) is 23.1 Å². The van der Waals surface area contributed by atoms with E-state index in [2.05, 4.69) is 44.1 Å². The average Bonchev–Trinajstić information content (AvgIpc) is 2.73. The smallest absolute Gasteiger partial charge is 0.166 e. The van der Waals surface area contributed by atoms with Gasteiger partial charge in [-0.05, 0) is 37.8 Å². The predicted octanol–water partition coefficient (Wildman–Crippen LogP) is 3.25. The number of fused-ring (bicyclic) bond motifs is 1. The molecule has 1 heterocycles. The molecule has 0 N–H and O–H groups in total. The number of nitrogens with zero attached hydrogens (tertiary/aromatic N) is 2. The minimum atomic E-state index is 0.227. The number of hydrogen-bond donors (Lipinski definition) is 0. The molecule has 3 nitrogen and oxygen atoms in total. The van der Waals surface area contributed by atoms with Gasteiger partial charge in [0.15, 0.2) is 5.78 Å². The van der Waals surface area contributed by atoms with E-state index in [-0.39, 0.29) is 5.78 Å². The summed E-state index contributed by atoms with van der Waals surface area (Å²) in [6.07, 6.45) is 3.29. The Morgan fingerprint density at radius 3 is 2.79 bits per heavy atom. The van der Waals surface area contributed by atoms with E-state index in [0.29, 0.717) is 12.3 Å². The van der Waals surface area contributed by atoms with Gasteiger partial charge >= 0.3 is 0 Å². The lowest BCUT2D eigenvalue weighted by atomic mass is 9.88. The molecule has 1 aromatic heterocycles. The van der Waals surface area contributed by atoms with Crippen molar-refractivity contribution in [3.8, 4) is 5.69 Å². The SMILES string of the molecule is Cc1ccc(-n2ncc3c2CC(C)CC3=O)c(C)c1. The van der Waals surface area contributed by atoms with Gasteiger partial charge in [0.1, 0.15) is 0 Å². The Kier molecular flexibility index (Phi) is 2.77. The van der Waals surface area contributed by atoms with Crippen molar-refractivity contribution in [2.45, 2.75) is 33.6 Å². The number of carbonyl (C=O) groups is 1. The summed E-state index contributed by atoms with van der Waals surface area (Å²) >= 11 is 0. The second kappa shape index (κ2) is 4.34. The summed E-state index contributed by atoms with van der Waals surface area (Å²) in [5.74, 6) is 0.631. The standard InChI is InChI=1S/C16H18N2O/c1-10-4-5-14(12(3)6-10)18-15-7-11(2)8-16(19)13(15)9-17-18/h4-6,9,11H,7-8H2,1-3H3. The van der Waals surface area contributed by atoms with Crippen molar-refractivity contribution in [3.63, 3.8) is 0 Å². The van der Waals surface area contributed by atoms with E-state index in [9.17, 15) is 4.79 Å². The topological polar surface area (TPSA) is 34.9 Å². The van der Waals surface area contributed by atoms with Gasteiger partial charge in [0, 0.05) is 6.42 Å². The number of hydrogen-bond acceptors (Lipinski definition) is 2. The first-order valence-electron chi connectivity index (χ1n) is 6.74. The maximum Gasteiger partial charge on any atom is 0.166 e.